The van der Waals surface area contributed by atoms with Crippen LogP contribution < -0.4 is 5.56 Å². The van der Waals surface area contributed by atoms with Crippen molar-refractivity contribution in [3.63, 3.8) is 0 Å². The Morgan fingerprint density at radius 2 is 1.92 bits per heavy atom. The quantitative estimate of drug-likeness (QED) is 0.398. The minimum atomic E-state index is -0.285. The van der Waals surface area contributed by atoms with E-state index in [9.17, 15) is 9.18 Å². The first-order valence-corrected chi connectivity index (χ1v) is 8.80. The monoisotopic (exact) mass is 368 g/mol. The lowest BCUT2D eigenvalue weighted by Crippen LogP contribution is -2.25. The maximum absolute atomic E-state index is 13.1. The molecule has 0 fully saturated rings. The van der Waals surface area contributed by atoms with E-state index in [1.807, 2.05) is 0 Å². The summed E-state index contributed by atoms with van der Waals surface area (Å²) in [5.74, 6) is 0.893. The van der Waals surface area contributed by atoms with Gasteiger partial charge < -0.3 is 4.42 Å². The van der Waals surface area contributed by atoms with Gasteiger partial charge in [-0.15, -0.1) is 0 Å². The molecule has 0 N–H and O–H groups in total. The Labute approximate surface area is 151 Å². The summed E-state index contributed by atoms with van der Waals surface area (Å²) in [6.07, 6.45) is 4.52. The molecule has 0 aliphatic carbocycles. The van der Waals surface area contributed by atoms with Crippen molar-refractivity contribution < 1.29 is 8.81 Å². The van der Waals surface area contributed by atoms with Crippen molar-refractivity contribution in [3.8, 4) is 0 Å². The lowest BCUT2D eigenvalue weighted by Gasteiger charge is -2.11. The van der Waals surface area contributed by atoms with Crippen molar-refractivity contribution in [2.24, 2.45) is 0 Å². The second-order valence-electron chi connectivity index (χ2n) is 5.51. The second-order valence-corrected chi connectivity index (χ2v) is 6.45. The molecule has 4 aromatic rings. The number of benzene rings is 1. The molecular weight excluding hydrogens is 355 g/mol. The van der Waals surface area contributed by atoms with E-state index in [0.717, 1.165) is 5.56 Å². The zero-order valence-electron chi connectivity index (χ0n) is 13.5. The Morgan fingerprint density at radius 1 is 1.12 bits per heavy atom. The molecule has 0 aliphatic heterocycles. The molecule has 3 heterocycles. The average Bonchev–Trinajstić information content (AvgIpc) is 3.17. The van der Waals surface area contributed by atoms with Crippen LogP contribution in [0, 0.1) is 5.82 Å². The molecule has 0 saturated carbocycles. The molecule has 0 radical (unpaired) electrons. The van der Waals surface area contributed by atoms with E-state index >= 15 is 0 Å². The summed E-state index contributed by atoms with van der Waals surface area (Å²) in [6.45, 7) is 0.247. The fraction of sp³-hybridized carbons (Fsp3) is 0.111. The first-order valence-electron chi connectivity index (χ1n) is 7.82. The Bertz CT molecular complexity index is 1090. The highest BCUT2D eigenvalue weighted by molar-refractivity contribution is 7.98. The van der Waals surface area contributed by atoms with Crippen molar-refractivity contribution in [3.05, 3.63) is 82.5 Å². The lowest BCUT2D eigenvalue weighted by atomic mass is 10.2. The molecule has 0 aliphatic rings. The van der Waals surface area contributed by atoms with Gasteiger partial charge in [0.2, 0.25) is 0 Å². The van der Waals surface area contributed by atoms with Gasteiger partial charge >= 0.3 is 0 Å². The molecule has 26 heavy (non-hydrogen) atoms. The van der Waals surface area contributed by atoms with Crippen molar-refractivity contribution in [2.45, 2.75) is 17.5 Å². The Hall–Kier alpha value is -3.00. The fourth-order valence-corrected chi connectivity index (χ4v) is 3.41. The molecule has 0 spiro atoms. The van der Waals surface area contributed by atoms with E-state index < -0.39 is 0 Å². The molecular formula is C18H13FN4O2S. The molecule has 0 atom stereocenters. The van der Waals surface area contributed by atoms with E-state index in [0.29, 0.717) is 22.3 Å². The average molecular weight is 368 g/mol. The van der Waals surface area contributed by atoms with Crippen LogP contribution in [-0.4, -0.2) is 19.5 Å². The summed E-state index contributed by atoms with van der Waals surface area (Å²) in [7, 11) is 0. The van der Waals surface area contributed by atoms with Gasteiger partial charge in [0.1, 0.15) is 11.6 Å². The highest BCUT2D eigenvalue weighted by Gasteiger charge is 2.14. The highest BCUT2D eigenvalue weighted by Crippen LogP contribution is 2.22. The van der Waals surface area contributed by atoms with E-state index in [1.54, 1.807) is 30.5 Å². The van der Waals surface area contributed by atoms with Crippen molar-refractivity contribution in [1.29, 1.82) is 0 Å². The third-order valence-electron chi connectivity index (χ3n) is 3.73. The smallest absolute Gasteiger partial charge is 0.282 e. The largest absolute Gasteiger partial charge is 0.467 e. The van der Waals surface area contributed by atoms with Gasteiger partial charge in [-0.05, 0) is 29.8 Å². The number of halogens is 1. The number of thioether (sulfide) groups is 1. The molecule has 8 heteroatoms. The molecule has 0 bridgehead atoms. The van der Waals surface area contributed by atoms with Gasteiger partial charge in [0.05, 0.1) is 12.8 Å². The summed E-state index contributed by atoms with van der Waals surface area (Å²) in [5, 5.41) is 0.503. The molecule has 1 aromatic carbocycles. The van der Waals surface area contributed by atoms with Crippen LogP contribution in [0.2, 0.25) is 0 Å². The first kappa shape index (κ1) is 16.5. The molecule has 0 saturated heterocycles. The minimum absolute atomic E-state index is 0.213. The van der Waals surface area contributed by atoms with E-state index in [2.05, 4.69) is 15.0 Å². The van der Waals surface area contributed by atoms with Crippen molar-refractivity contribution >= 4 is 22.9 Å². The fourth-order valence-electron chi connectivity index (χ4n) is 2.47. The van der Waals surface area contributed by atoms with Gasteiger partial charge in [0, 0.05) is 18.1 Å². The van der Waals surface area contributed by atoms with E-state index in [-0.39, 0.29) is 23.4 Å². The van der Waals surface area contributed by atoms with E-state index in [1.165, 1.54) is 40.9 Å². The van der Waals surface area contributed by atoms with Gasteiger partial charge in [-0.3, -0.25) is 9.36 Å². The summed E-state index contributed by atoms with van der Waals surface area (Å²) in [6, 6.07) is 9.79. The molecule has 0 amide bonds. The van der Waals surface area contributed by atoms with Gasteiger partial charge in [-0.2, -0.15) is 0 Å². The second kappa shape index (κ2) is 7.09. The SMILES string of the molecule is O=c1c2nccnc2nc(SCc2ccc(F)cc2)n1Cc1ccco1. The van der Waals surface area contributed by atoms with Crippen molar-refractivity contribution in [2.75, 3.05) is 0 Å². The number of aromatic nitrogens is 4. The van der Waals surface area contributed by atoms with Gasteiger partial charge in [0.15, 0.2) is 16.3 Å². The third-order valence-corrected chi connectivity index (χ3v) is 4.78. The zero-order chi connectivity index (χ0) is 17.9. The predicted molar refractivity (Wildman–Crippen MR) is 95.4 cm³/mol. The Balaban J connectivity index is 1.73. The minimum Gasteiger partial charge on any atom is -0.467 e. The van der Waals surface area contributed by atoms with Crippen LogP contribution in [0.1, 0.15) is 11.3 Å². The number of hydrogen-bond donors (Lipinski definition) is 0. The van der Waals surface area contributed by atoms with Crippen LogP contribution in [0.4, 0.5) is 4.39 Å². The van der Waals surface area contributed by atoms with Crippen LogP contribution in [0.3, 0.4) is 0 Å². The lowest BCUT2D eigenvalue weighted by molar-refractivity contribution is 0.476. The summed E-state index contributed by atoms with van der Waals surface area (Å²) in [4.78, 5) is 25.6. The van der Waals surface area contributed by atoms with Crippen LogP contribution in [0.5, 0.6) is 0 Å². The van der Waals surface area contributed by atoms with Crippen LogP contribution in [-0.2, 0) is 12.3 Å². The van der Waals surface area contributed by atoms with Crippen LogP contribution in [0.25, 0.3) is 11.2 Å². The molecule has 0 unspecified atom stereocenters. The van der Waals surface area contributed by atoms with E-state index in [4.69, 9.17) is 4.42 Å². The summed E-state index contributed by atoms with van der Waals surface area (Å²) in [5.41, 5.74) is 1.16. The Morgan fingerprint density at radius 3 is 2.69 bits per heavy atom. The number of rotatable bonds is 5. The normalized spacial score (nSPS) is 11.1. The van der Waals surface area contributed by atoms with Gasteiger partial charge in [-0.1, -0.05) is 23.9 Å². The number of fused-ring (bicyclic) bond motifs is 1. The molecule has 130 valence electrons. The predicted octanol–water partition coefficient (Wildman–Crippen LogP) is 3.26. The highest BCUT2D eigenvalue weighted by atomic mass is 32.2. The Kier molecular flexibility index (Phi) is 4.49. The molecule has 3 aromatic heterocycles. The maximum Gasteiger partial charge on any atom is 0.282 e. The zero-order valence-corrected chi connectivity index (χ0v) is 14.3. The number of hydrogen-bond acceptors (Lipinski definition) is 6. The van der Waals surface area contributed by atoms with Crippen LogP contribution in [0.15, 0.2) is 69.4 Å². The van der Waals surface area contributed by atoms with Gasteiger partial charge in [0.25, 0.3) is 5.56 Å². The molecule has 4 rings (SSSR count). The maximum atomic E-state index is 13.1. The third kappa shape index (κ3) is 3.36. The first-order chi connectivity index (χ1) is 12.7. The summed E-state index contributed by atoms with van der Waals surface area (Å²) < 4.78 is 19.9. The number of furan rings is 1. The number of nitrogens with zero attached hydrogens (tertiary/aromatic N) is 4. The van der Waals surface area contributed by atoms with Crippen LogP contribution >= 0.6 is 11.8 Å². The summed E-state index contributed by atoms with van der Waals surface area (Å²) >= 11 is 1.38. The topological polar surface area (TPSA) is 73.8 Å². The molecule has 6 nitrogen and oxygen atoms in total. The van der Waals surface area contributed by atoms with Gasteiger partial charge in [-0.25, -0.2) is 19.3 Å². The standard InChI is InChI=1S/C18H13FN4O2S/c19-13-5-3-12(4-6-13)11-26-18-22-16-15(20-7-8-21-16)17(24)23(18)10-14-2-1-9-25-14/h1-9H,10-11H2. The van der Waals surface area contributed by atoms with Crippen molar-refractivity contribution in [1.82, 2.24) is 19.5 Å².